The van der Waals surface area contributed by atoms with Crippen molar-refractivity contribution in [3.63, 3.8) is 0 Å². The van der Waals surface area contributed by atoms with E-state index in [2.05, 4.69) is 14.6 Å². The maximum Gasteiger partial charge on any atom is 0.276 e. The van der Waals surface area contributed by atoms with Gasteiger partial charge in [-0.3, -0.25) is 4.79 Å². The molecule has 7 heteroatoms. The molecule has 0 unspecified atom stereocenters. The first-order valence-corrected chi connectivity index (χ1v) is 6.23. The number of carbonyl (C=O) groups is 1. The summed E-state index contributed by atoms with van der Waals surface area (Å²) in [7, 11) is 1.73. The van der Waals surface area contributed by atoms with E-state index in [1.807, 2.05) is 6.92 Å². The standard InChI is InChI=1S/C11H14N4O2S/c1-6-9(18-14-13-6)5-15(4)11(16)10-7(2)17-8(3)12-10/h5H2,1-4H3. The Bertz CT molecular complexity index is 575. The van der Waals surface area contributed by atoms with Gasteiger partial charge in [-0.15, -0.1) is 5.10 Å². The lowest BCUT2D eigenvalue weighted by molar-refractivity contribution is 0.0779. The second-order valence-electron chi connectivity index (χ2n) is 4.08. The molecule has 6 nitrogen and oxygen atoms in total. The van der Waals surface area contributed by atoms with Crippen LogP contribution in [0.15, 0.2) is 4.42 Å². The third-order valence-corrected chi connectivity index (χ3v) is 3.39. The summed E-state index contributed by atoms with van der Waals surface area (Å²) in [6.07, 6.45) is 0. The Hall–Kier alpha value is -1.76. The number of amides is 1. The van der Waals surface area contributed by atoms with E-state index in [1.54, 1.807) is 25.8 Å². The predicted molar refractivity (Wildman–Crippen MR) is 66.4 cm³/mol. The zero-order chi connectivity index (χ0) is 13.3. The highest BCUT2D eigenvalue weighted by Gasteiger charge is 2.20. The summed E-state index contributed by atoms with van der Waals surface area (Å²) in [6, 6.07) is 0. The van der Waals surface area contributed by atoms with Crippen molar-refractivity contribution in [2.24, 2.45) is 0 Å². The summed E-state index contributed by atoms with van der Waals surface area (Å²) in [5, 5.41) is 3.92. The van der Waals surface area contributed by atoms with Crippen molar-refractivity contribution in [1.82, 2.24) is 19.5 Å². The highest BCUT2D eigenvalue weighted by molar-refractivity contribution is 7.05. The molecule has 2 aromatic heterocycles. The van der Waals surface area contributed by atoms with Crippen LogP contribution in [0.5, 0.6) is 0 Å². The van der Waals surface area contributed by atoms with Crippen LogP contribution in [0.1, 0.15) is 32.7 Å². The van der Waals surface area contributed by atoms with Crippen molar-refractivity contribution in [3.8, 4) is 0 Å². The number of carbonyl (C=O) groups excluding carboxylic acids is 1. The number of aryl methyl sites for hydroxylation is 3. The molecule has 0 saturated carbocycles. The number of aromatic nitrogens is 3. The molecular weight excluding hydrogens is 252 g/mol. The molecule has 0 bridgehead atoms. The number of hydrogen-bond acceptors (Lipinski definition) is 6. The Morgan fingerprint density at radius 1 is 1.39 bits per heavy atom. The minimum atomic E-state index is -0.155. The van der Waals surface area contributed by atoms with Crippen molar-refractivity contribution < 1.29 is 9.21 Å². The molecule has 0 saturated heterocycles. The lowest BCUT2D eigenvalue weighted by Crippen LogP contribution is -2.27. The third kappa shape index (κ3) is 2.40. The van der Waals surface area contributed by atoms with Gasteiger partial charge in [-0.25, -0.2) is 4.98 Å². The lowest BCUT2D eigenvalue weighted by atomic mass is 10.3. The smallest absolute Gasteiger partial charge is 0.276 e. The van der Waals surface area contributed by atoms with E-state index in [9.17, 15) is 4.79 Å². The zero-order valence-electron chi connectivity index (χ0n) is 10.7. The van der Waals surface area contributed by atoms with Gasteiger partial charge in [0.15, 0.2) is 11.6 Å². The fourth-order valence-electron chi connectivity index (χ4n) is 1.59. The molecule has 0 spiro atoms. The van der Waals surface area contributed by atoms with Crippen LogP contribution < -0.4 is 0 Å². The number of nitrogens with zero attached hydrogens (tertiary/aromatic N) is 4. The van der Waals surface area contributed by atoms with E-state index in [1.165, 1.54) is 11.5 Å². The minimum absolute atomic E-state index is 0.155. The highest BCUT2D eigenvalue weighted by Crippen LogP contribution is 2.15. The Kier molecular flexibility index (Phi) is 3.42. The average Bonchev–Trinajstić information content (AvgIpc) is 2.85. The number of oxazole rings is 1. The second-order valence-corrected chi connectivity index (χ2v) is 4.92. The summed E-state index contributed by atoms with van der Waals surface area (Å²) >= 11 is 1.30. The van der Waals surface area contributed by atoms with E-state index in [0.29, 0.717) is 23.9 Å². The van der Waals surface area contributed by atoms with Gasteiger partial charge in [0.2, 0.25) is 0 Å². The molecule has 2 aromatic rings. The van der Waals surface area contributed by atoms with Crippen LogP contribution in [0, 0.1) is 20.8 Å². The highest BCUT2D eigenvalue weighted by atomic mass is 32.1. The fourth-order valence-corrected chi connectivity index (χ4v) is 2.28. The molecule has 2 rings (SSSR count). The normalized spacial score (nSPS) is 10.7. The first-order valence-electron chi connectivity index (χ1n) is 5.46. The average molecular weight is 266 g/mol. The van der Waals surface area contributed by atoms with Gasteiger partial charge in [0.1, 0.15) is 5.76 Å². The second kappa shape index (κ2) is 4.85. The number of hydrogen-bond donors (Lipinski definition) is 0. The summed E-state index contributed by atoms with van der Waals surface area (Å²) < 4.78 is 9.11. The van der Waals surface area contributed by atoms with Crippen LogP contribution in [0.3, 0.4) is 0 Å². The van der Waals surface area contributed by atoms with Gasteiger partial charge >= 0.3 is 0 Å². The molecule has 0 aliphatic rings. The van der Waals surface area contributed by atoms with Gasteiger partial charge < -0.3 is 9.32 Å². The molecular formula is C11H14N4O2S. The first-order chi connectivity index (χ1) is 8.49. The molecule has 0 atom stereocenters. The summed E-state index contributed by atoms with van der Waals surface area (Å²) in [6.45, 7) is 5.82. The molecule has 1 amide bonds. The molecule has 96 valence electrons. The molecule has 0 N–H and O–H groups in total. The quantitative estimate of drug-likeness (QED) is 0.845. The van der Waals surface area contributed by atoms with Gasteiger partial charge in [0, 0.05) is 14.0 Å². The predicted octanol–water partition coefficient (Wildman–Crippen LogP) is 1.72. The monoisotopic (exact) mass is 266 g/mol. The molecule has 2 heterocycles. The zero-order valence-corrected chi connectivity index (χ0v) is 11.5. The largest absolute Gasteiger partial charge is 0.445 e. The van der Waals surface area contributed by atoms with Gasteiger partial charge in [-0.2, -0.15) is 0 Å². The SMILES string of the molecule is Cc1nc(C(=O)N(C)Cc2snnc2C)c(C)o1. The molecule has 18 heavy (non-hydrogen) atoms. The van der Waals surface area contributed by atoms with Gasteiger partial charge in [0.05, 0.1) is 17.1 Å². The van der Waals surface area contributed by atoms with Gasteiger partial charge in [0.25, 0.3) is 5.91 Å². The van der Waals surface area contributed by atoms with Crippen molar-refractivity contribution in [1.29, 1.82) is 0 Å². The van der Waals surface area contributed by atoms with E-state index >= 15 is 0 Å². The summed E-state index contributed by atoms with van der Waals surface area (Å²) in [5.41, 5.74) is 1.22. The maximum atomic E-state index is 12.2. The molecule has 0 aliphatic heterocycles. The Morgan fingerprint density at radius 2 is 2.11 bits per heavy atom. The van der Waals surface area contributed by atoms with E-state index < -0.39 is 0 Å². The lowest BCUT2D eigenvalue weighted by Gasteiger charge is -2.14. The number of rotatable bonds is 3. The Balaban J connectivity index is 2.14. The maximum absolute atomic E-state index is 12.2. The molecule has 0 aliphatic carbocycles. The van der Waals surface area contributed by atoms with Crippen LogP contribution in [0.25, 0.3) is 0 Å². The van der Waals surface area contributed by atoms with E-state index in [0.717, 1.165) is 10.6 Å². The first kappa shape index (κ1) is 12.7. The van der Waals surface area contributed by atoms with Crippen LogP contribution in [-0.2, 0) is 6.54 Å². The van der Waals surface area contributed by atoms with Gasteiger partial charge in [-0.1, -0.05) is 4.49 Å². The summed E-state index contributed by atoms with van der Waals surface area (Å²) in [5.74, 6) is 0.889. The van der Waals surface area contributed by atoms with Crippen molar-refractivity contribution in [2.75, 3.05) is 7.05 Å². The van der Waals surface area contributed by atoms with Crippen molar-refractivity contribution in [2.45, 2.75) is 27.3 Å². The van der Waals surface area contributed by atoms with Crippen LogP contribution in [0.2, 0.25) is 0 Å². The topological polar surface area (TPSA) is 72.1 Å². The minimum Gasteiger partial charge on any atom is -0.445 e. The van der Waals surface area contributed by atoms with Crippen LogP contribution in [-0.4, -0.2) is 32.4 Å². The summed E-state index contributed by atoms with van der Waals surface area (Å²) in [4.78, 5) is 18.8. The third-order valence-electron chi connectivity index (χ3n) is 2.58. The fraction of sp³-hybridized carbons (Fsp3) is 0.455. The Labute approximate surface area is 109 Å². The van der Waals surface area contributed by atoms with Crippen molar-refractivity contribution in [3.05, 3.63) is 27.9 Å². The van der Waals surface area contributed by atoms with Crippen molar-refractivity contribution >= 4 is 17.4 Å². The van der Waals surface area contributed by atoms with E-state index in [4.69, 9.17) is 4.42 Å². The molecule has 0 aromatic carbocycles. The molecule has 0 radical (unpaired) electrons. The van der Waals surface area contributed by atoms with Gasteiger partial charge in [-0.05, 0) is 25.4 Å². The Morgan fingerprint density at radius 3 is 2.61 bits per heavy atom. The van der Waals surface area contributed by atoms with Crippen LogP contribution >= 0.6 is 11.5 Å². The van der Waals surface area contributed by atoms with E-state index in [-0.39, 0.29) is 5.91 Å². The van der Waals surface area contributed by atoms with Crippen LogP contribution in [0.4, 0.5) is 0 Å². The molecule has 0 fully saturated rings.